The lowest BCUT2D eigenvalue weighted by Gasteiger charge is -2.50. The van der Waals surface area contributed by atoms with Gasteiger partial charge in [-0.3, -0.25) is 9.80 Å². The van der Waals surface area contributed by atoms with Gasteiger partial charge in [0, 0.05) is 18.1 Å². The Balaban J connectivity index is 1.60. The van der Waals surface area contributed by atoms with Crippen LogP contribution in [0, 0.1) is 5.41 Å². The molecule has 1 spiro atoms. The van der Waals surface area contributed by atoms with Crippen LogP contribution in [0.25, 0.3) is 0 Å². The molecule has 2 nitrogen and oxygen atoms in total. The summed E-state index contributed by atoms with van der Waals surface area (Å²) >= 11 is 0. The monoisotopic (exact) mass is 250 g/mol. The van der Waals surface area contributed by atoms with E-state index in [4.69, 9.17) is 0 Å². The molecule has 0 radical (unpaired) electrons. The van der Waals surface area contributed by atoms with Crippen LogP contribution in [0.4, 0.5) is 0 Å². The van der Waals surface area contributed by atoms with E-state index in [2.05, 4.69) is 30.6 Å². The minimum atomic E-state index is 0.368. The lowest BCUT2D eigenvalue weighted by molar-refractivity contribution is -0.00642. The Bertz CT molecular complexity index is 293. The average Bonchev–Trinajstić information content (AvgIpc) is 3.12. The summed E-state index contributed by atoms with van der Waals surface area (Å²) in [6.07, 6.45) is 8.77. The van der Waals surface area contributed by atoms with E-state index in [1.807, 2.05) is 0 Å². The van der Waals surface area contributed by atoms with Crippen molar-refractivity contribution in [3.8, 4) is 0 Å². The fourth-order valence-corrected chi connectivity index (χ4v) is 4.06. The SMILES string of the molecule is CC(C)(C)N1CCC2(CCCN(C3CC3)C2)CC1. The van der Waals surface area contributed by atoms with Gasteiger partial charge in [-0.05, 0) is 84.3 Å². The molecule has 2 heterocycles. The van der Waals surface area contributed by atoms with Crippen molar-refractivity contribution < 1.29 is 0 Å². The summed E-state index contributed by atoms with van der Waals surface area (Å²) in [4.78, 5) is 5.50. The Kier molecular flexibility index (Phi) is 3.22. The van der Waals surface area contributed by atoms with Gasteiger partial charge in [-0.2, -0.15) is 0 Å². The van der Waals surface area contributed by atoms with E-state index in [0.29, 0.717) is 11.0 Å². The highest BCUT2D eigenvalue weighted by molar-refractivity contribution is 4.97. The van der Waals surface area contributed by atoms with Gasteiger partial charge in [0.25, 0.3) is 0 Å². The molecule has 0 N–H and O–H groups in total. The Hall–Kier alpha value is -0.0800. The van der Waals surface area contributed by atoms with Crippen LogP contribution in [-0.4, -0.2) is 47.6 Å². The van der Waals surface area contributed by atoms with Crippen molar-refractivity contribution in [3.05, 3.63) is 0 Å². The maximum atomic E-state index is 2.82. The highest BCUT2D eigenvalue weighted by atomic mass is 15.2. The van der Waals surface area contributed by atoms with Crippen molar-refractivity contribution in [2.45, 2.75) is 70.9 Å². The predicted molar refractivity (Wildman–Crippen MR) is 76.8 cm³/mol. The predicted octanol–water partition coefficient (Wildman–Crippen LogP) is 3.13. The third-order valence-electron chi connectivity index (χ3n) is 5.53. The molecule has 1 saturated carbocycles. The van der Waals surface area contributed by atoms with Crippen molar-refractivity contribution >= 4 is 0 Å². The summed E-state index contributed by atoms with van der Waals surface area (Å²) in [5.74, 6) is 0. The van der Waals surface area contributed by atoms with Gasteiger partial charge in [0.2, 0.25) is 0 Å². The molecule has 3 fully saturated rings. The topological polar surface area (TPSA) is 6.48 Å². The molecule has 0 bridgehead atoms. The molecule has 2 heteroatoms. The second kappa shape index (κ2) is 4.49. The van der Waals surface area contributed by atoms with Gasteiger partial charge < -0.3 is 0 Å². The third kappa shape index (κ3) is 2.60. The summed E-state index contributed by atoms with van der Waals surface area (Å²) in [6, 6.07) is 0.975. The molecule has 0 amide bonds. The first kappa shape index (κ1) is 12.9. The van der Waals surface area contributed by atoms with Crippen molar-refractivity contribution in [3.63, 3.8) is 0 Å². The zero-order chi connectivity index (χ0) is 12.8. The van der Waals surface area contributed by atoms with E-state index in [1.54, 1.807) is 0 Å². The lowest BCUT2D eigenvalue weighted by Crippen LogP contribution is -2.53. The van der Waals surface area contributed by atoms with Crippen molar-refractivity contribution in [2.24, 2.45) is 5.41 Å². The molecule has 1 aliphatic carbocycles. The van der Waals surface area contributed by atoms with Crippen LogP contribution in [0.1, 0.15) is 59.3 Å². The number of hydrogen-bond donors (Lipinski definition) is 0. The normalized spacial score (nSPS) is 30.8. The van der Waals surface area contributed by atoms with Crippen LogP contribution in [0.5, 0.6) is 0 Å². The quantitative estimate of drug-likeness (QED) is 0.705. The number of piperidine rings is 2. The molecule has 2 saturated heterocycles. The molecule has 104 valence electrons. The third-order valence-corrected chi connectivity index (χ3v) is 5.53. The number of rotatable bonds is 1. The molecular weight excluding hydrogens is 220 g/mol. The van der Waals surface area contributed by atoms with Crippen LogP contribution in [0.2, 0.25) is 0 Å². The van der Waals surface area contributed by atoms with Crippen LogP contribution in [-0.2, 0) is 0 Å². The Morgan fingerprint density at radius 2 is 1.61 bits per heavy atom. The molecule has 0 atom stereocenters. The van der Waals surface area contributed by atoms with Gasteiger partial charge in [0.15, 0.2) is 0 Å². The first-order valence-electron chi connectivity index (χ1n) is 7.98. The minimum Gasteiger partial charge on any atom is -0.300 e. The molecule has 0 aromatic carbocycles. The van der Waals surface area contributed by atoms with E-state index in [9.17, 15) is 0 Å². The van der Waals surface area contributed by atoms with Gasteiger partial charge in [-0.25, -0.2) is 0 Å². The first-order chi connectivity index (χ1) is 8.49. The lowest BCUT2D eigenvalue weighted by atomic mass is 9.72. The molecule has 0 aromatic rings. The molecule has 3 rings (SSSR count). The first-order valence-corrected chi connectivity index (χ1v) is 7.98. The summed E-state index contributed by atoms with van der Waals surface area (Å²) in [5.41, 5.74) is 1.05. The molecule has 2 aliphatic heterocycles. The van der Waals surface area contributed by atoms with Crippen molar-refractivity contribution in [1.82, 2.24) is 9.80 Å². The molecule has 18 heavy (non-hydrogen) atoms. The number of nitrogens with zero attached hydrogens (tertiary/aromatic N) is 2. The molecule has 0 aromatic heterocycles. The van der Waals surface area contributed by atoms with Crippen LogP contribution in [0.3, 0.4) is 0 Å². The van der Waals surface area contributed by atoms with Gasteiger partial charge in [0.1, 0.15) is 0 Å². The van der Waals surface area contributed by atoms with Crippen LogP contribution >= 0.6 is 0 Å². The Morgan fingerprint density at radius 1 is 0.944 bits per heavy atom. The van der Waals surface area contributed by atoms with E-state index in [-0.39, 0.29) is 0 Å². The van der Waals surface area contributed by atoms with Gasteiger partial charge in [-0.15, -0.1) is 0 Å². The van der Waals surface area contributed by atoms with Crippen LogP contribution < -0.4 is 0 Å². The van der Waals surface area contributed by atoms with E-state index in [1.165, 1.54) is 64.7 Å². The second-order valence-corrected chi connectivity index (χ2v) is 7.96. The fraction of sp³-hybridized carbons (Fsp3) is 1.00. The maximum Gasteiger partial charge on any atom is 0.0125 e. The zero-order valence-corrected chi connectivity index (χ0v) is 12.5. The average molecular weight is 250 g/mol. The summed E-state index contributed by atoms with van der Waals surface area (Å²) in [5, 5.41) is 0. The van der Waals surface area contributed by atoms with E-state index in [0.717, 1.165) is 6.04 Å². The smallest absolute Gasteiger partial charge is 0.0125 e. The minimum absolute atomic E-state index is 0.368. The van der Waals surface area contributed by atoms with Gasteiger partial charge in [0.05, 0.1) is 0 Å². The maximum absolute atomic E-state index is 2.82. The zero-order valence-electron chi connectivity index (χ0n) is 12.5. The molecular formula is C16H30N2. The molecule has 3 aliphatic rings. The molecule has 0 unspecified atom stereocenters. The Labute approximate surface area is 113 Å². The van der Waals surface area contributed by atoms with Gasteiger partial charge >= 0.3 is 0 Å². The Morgan fingerprint density at radius 3 is 2.17 bits per heavy atom. The van der Waals surface area contributed by atoms with Crippen LogP contribution in [0.15, 0.2) is 0 Å². The number of hydrogen-bond acceptors (Lipinski definition) is 2. The standard InChI is InChI=1S/C16H30N2/c1-15(2,3)18-11-8-16(9-12-18)7-4-10-17(13-16)14-5-6-14/h14H,4-13H2,1-3H3. The van der Waals surface area contributed by atoms with Gasteiger partial charge in [-0.1, -0.05) is 0 Å². The van der Waals surface area contributed by atoms with Crippen molar-refractivity contribution in [1.29, 1.82) is 0 Å². The highest BCUT2D eigenvalue weighted by Gasteiger charge is 2.43. The fourth-order valence-electron chi connectivity index (χ4n) is 4.06. The number of likely N-dealkylation sites (tertiary alicyclic amines) is 2. The summed E-state index contributed by atoms with van der Waals surface area (Å²) in [7, 11) is 0. The largest absolute Gasteiger partial charge is 0.300 e. The van der Waals surface area contributed by atoms with E-state index >= 15 is 0 Å². The van der Waals surface area contributed by atoms with Crippen molar-refractivity contribution in [2.75, 3.05) is 26.2 Å². The second-order valence-electron chi connectivity index (χ2n) is 7.96. The summed E-state index contributed by atoms with van der Waals surface area (Å²) in [6.45, 7) is 12.5. The highest BCUT2D eigenvalue weighted by Crippen LogP contribution is 2.43. The van der Waals surface area contributed by atoms with E-state index < -0.39 is 0 Å². The summed E-state index contributed by atoms with van der Waals surface area (Å²) < 4.78 is 0.